The molecule has 2 aliphatic rings. The molecule has 0 bridgehead atoms. The molecule has 1 aromatic carbocycles. The predicted octanol–water partition coefficient (Wildman–Crippen LogP) is 2.30. The lowest BCUT2D eigenvalue weighted by Gasteiger charge is -2.26. The van der Waals surface area contributed by atoms with Crippen LogP contribution in [0.3, 0.4) is 0 Å². The minimum absolute atomic E-state index is 0.0658. The SMILES string of the molecule is CC(C)[C@@H](NC(=O)c1cccc(S(=O)(=O)N2CCOCC2)c1)C(=O)NC1CCCCCC1. The van der Waals surface area contributed by atoms with E-state index in [4.69, 9.17) is 4.74 Å². The molecular formula is C23H35N3O5S. The largest absolute Gasteiger partial charge is 0.379 e. The fourth-order valence-electron chi connectivity index (χ4n) is 4.21. The van der Waals surface area contributed by atoms with Gasteiger partial charge in [-0.25, -0.2) is 8.42 Å². The molecule has 2 N–H and O–H groups in total. The monoisotopic (exact) mass is 465 g/mol. The smallest absolute Gasteiger partial charge is 0.251 e. The fraction of sp³-hybridized carbons (Fsp3) is 0.652. The second-order valence-corrected chi connectivity index (χ2v) is 10.9. The van der Waals surface area contributed by atoms with Crippen LogP contribution in [0.4, 0.5) is 0 Å². The second-order valence-electron chi connectivity index (χ2n) is 8.94. The van der Waals surface area contributed by atoms with E-state index >= 15 is 0 Å². The number of rotatable bonds is 7. The average Bonchev–Trinajstić information content (AvgIpc) is 3.06. The van der Waals surface area contributed by atoms with E-state index in [1.54, 1.807) is 12.1 Å². The Labute approximate surface area is 191 Å². The van der Waals surface area contributed by atoms with Gasteiger partial charge in [-0.3, -0.25) is 9.59 Å². The predicted molar refractivity (Wildman–Crippen MR) is 122 cm³/mol. The van der Waals surface area contributed by atoms with Gasteiger partial charge in [0.25, 0.3) is 5.91 Å². The van der Waals surface area contributed by atoms with Gasteiger partial charge >= 0.3 is 0 Å². The van der Waals surface area contributed by atoms with Crippen molar-refractivity contribution in [3.05, 3.63) is 29.8 Å². The van der Waals surface area contributed by atoms with Crippen LogP contribution in [0.1, 0.15) is 62.7 Å². The highest BCUT2D eigenvalue weighted by atomic mass is 32.2. The number of hydrogen-bond acceptors (Lipinski definition) is 5. The van der Waals surface area contributed by atoms with E-state index in [-0.39, 0.29) is 41.4 Å². The molecule has 1 atom stereocenters. The molecule has 8 nitrogen and oxygen atoms in total. The molecule has 9 heteroatoms. The lowest BCUT2D eigenvalue weighted by Crippen LogP contribution is -2.52. The molecule has 1 saturated carbocycles. The van der Waals surface area contributed by atoms with Gasteiger partial charge in [0.1, 0.15) is 6.04 Å². The van der Waals surface area contributed by atoms with Crippen molar-refractivity contribution in [2.45, 2.75) is 69.4 Å². The van der Waals surface area contributed by atoms with Crippen molar-refractivity contribution in [3.63, 3.8) is 0 Å². The van der Waals surface area contributed by atoms with Crippen LogP contribution in [-0.2, 0) is 19.6 Å². The summed E-state index contributed by atoms with van der Waals surface area (Å²) < 4.78 is 32.4. The Morgan fingerprint density at radius 1 is 1.06 bits per heavy atom. The van der Waals surface area contributed by atoms with E-state index in [0.717, 1.165) is 25.7 Å². The van der Waals surface area contributed by atoms with Crippen molar-refractivity contribution >= 4 is 21.8 Å². The molecule has 0 spiro atoms. The van der Waals surface area contributed by atoms with E-state index in [1.165, 1.54) is 29.3 Å². The summed E-state index contributed by atoms with van der Waals surface area (Å²) in [6.07, 6.45) is 6.53. The summed E-state index contributed by atoms with van der Waals surface area (Å²) >= 11 is 0. The standard InChI is InChI=1S/C23H35N3O5S/c1-17(2)21(23(28)24-19-9-5-3-4-6-10-19)25-22(27)18-8-7-11-20(16-18)32(29,30)26-12-14-31-15-13-26/h7-8,11,16-17,19,21H,3-6,9-10,12-15H2,1-2H3,(H,24,28)(H,25,27)/t21-/m1/s1. The zero-order valence-corrected chi connectivity index (χ0v) is 19.8. The van der Waals surface area contributed by atoms with E-state index in [0.29, 0.717) is 13.2 Å². The third-order valence-electron chi connectivity index (χ3n) is 6.14. The summed E-state index contributed by atoms with van der Waals surface area (Å²) in [5, 5.41) is 5.92. The van der Waals surface area contributed by atoms with Crippen LogP contribution >= 0.6 is 0 Å². The molecule has 32 heavy (non-hydrogen) atoms. The van der Waals surface area contributed by atoms with Crippen molar-refractivity contribution in [2.75, 3.05) is 26.3 Å². The molecule has 1 aliphatic heterocycles. The van der Waals surface area contributed by atoms with Crippen molar-refractivity contribution in [2.24, 2.45) is 5.92 Å². The van der Waals surface area contributed by atoms with Gasteiger partial charge in [-0.15, -0.1) is 0 Å². The number of carbonyl (C=O) groups excluding carboxylic acids is 2. The van der Waals surface area contributed by atoms with Crippen molar-refractivity contribution < 1.29 is 22.7 Å². The number of carbonyl (C=O) groups is 2. The molecule has 178 valence electrons. The van der Waals surface area contributed by atoms with Gasteiger partial charge in [0.05, 0.1) is 18.1 Å². The fourth-order valence-corrected chi connectivity index (χ4v) is 5.66. The zero-order valence-electron chi connectivity index (χ0n) is 19.0. The summed E-state index contributed by atoms with van der Waals surface area (Å²) in [7, 11) is -3.71. The Morgan fingerprint density at radius 3 is 2.34 bits per heavy atom. The molecule has 0 radical (unpaired) electrons. The van der Waals surface area contributed by atoms with Crippen LogP contribution in [0.5, 0.6) is 0 Å². The minimum Gasteiger partial charge on any atom is -0.379 e. The molecule has 1 aromatic rings. The average molecular weight is 466 g/mol. The van der Waals surface area contributed by atoms with E-state index in [2.05, 4.69) is 10.6 Å². The number of nitrogens with zero attached hydrogens (tertiary/aromatic N) is 1. The highest BCUT2D eigenvalue weighted by Gasteiger charge is 2.29. The highest BCUT2D eigenvalue weighted by molar-refractivity contribution is 7.89. The second kappa shape index (κ2) is 11.2. The maximum atomic E-state index is 12.9. The van der Waals surface area contributed by atoms with Crippen LogP contribution in [-0.4, -0.2) is 62.9 Å². The molecular weight excluding hydrogens is 430 g/mol. The van der Waals surface area contributed by atoms with Gasteiger partial charge in [-0.1, -0.05) is 45.6 Å². The normalized spacial score (nSPS) is 19.8. The van der Waals surface area contributed by atoms with E-state index in [9.17, 15) is 18.0 Å². The van der Waals surface area contributed by atoms with Gasteiger partial charge in [0.2, 0.25) is 15.9 Å². The first-order chi connectivity index (χ1) is 15.3. The molecule has 1 aliphatic carbocycles. The Kier molecular flexibility index (Phi) is 8.67. The van der Waals surface area contributed by atoms with Gasteiger partial charge in [-0.2, -0.15) is 4.31 Å². The van der Waals surface area contributed by atoms with E-state index < -0.39 is 22.0 Å². The summed E-state index contributed by atoms with van der Waals surface area (Å²) in [5.74, 6) is -0.749. The van der Waals surface area contributed by atoms with Crippen molar-refractivity contribution in [1.29, 1.82) is 0 Å². The highest BCUT2D eigenvalue weighted by Crippen LogP contribution is 2.20. The molecule has 0 unspecified atom stereocenters. The van der Waals surface area contributed by atoms with Gasteiger partial charge in [0, 0.05) is 24.7 Å². The number of ether oxygens (including phenoxy) is 1. The Morgan fingerprint density at radius 2 is 1.72 bits per heavy atom. The van der Waals surface area contributed by atoms with Crippen LogP contribution in [0.2, 0.25) is 0 Å². The number of benzene rings is 1. The molecule has 2 amide bonds. The molecule has 0 aromatic heterocycles. The van der Waals surface area contributed by atoms with Crippen LogP contribution in [0.15, 0.2) is 29.2 Å². The minimum atomic E-state index is -3.71. The maximum Gasteiger partial charge on any atom is 0.251 e. The molecule has 1 saturated heterocycles. The summed E-state index contributed by atoms with van der Waals surface area (Å²) in [5.41, 5.74) is 0.215. The topological polar surface area (TPSA) is 105 Å². The van der Waals surface area contributed by atoms with Crippen LogP contribution < -0.4 is 10.6 Å². The van der Waals surface area contributed by atoms with Gasteiger partial charge < -0.3 is 15.4 Å². The lowest BCUT2D eigenvalue weighted by atomic mass is 10.0. The number of morpholine rings is 1. The zero-order chi connectivity index (χ0) is 23.1. The first-order valence-corrected chi connectivity index (χ1v) is 13.0. The number of amides is 2. The lowest BCUT2D eigenvalue weighted by molar-refractivity contribution is -0.124. The Hall–Kier alpha value is -1.97. The van der Waals surface area contributed by atoms with Gasteiger partial charge in [0.15, 0.2) is 0 Å². The molecule has 1 heterocycles. The van der Waals surface area contributed by atoms with Crippen molar-refractivity contribution in [3.8, 4) is 0 Å². The number of hydrogen-bond donors (Lipinski definition) is 2. The quantitative estimate of drug-likeness (QED) is 0.601. The van der Waals surface area contributed by atoms with Crippen LogP contribution in [0, 0.1) is 5.92 Å². The van der Waals surface area contributed by atoms with Gasteiger partial charge in [-0.05, 0) is 37.0 Å². The third-order valence-corrected chi connectivity index (χ3v) is 8.04. The molecule has 3 rings (SSSR count). The van der Waals surface area contributed by atoms with Crippen LogP contribution in [0.25, 0.3) is 0 Å². The maximum absolute atomic E-state index is 12.9. The van der Waals surface area contributed by atoms with E-state index in [1.807, 2.05) is 13.8 Å². The molecule has 2 fully saturated rings. The number of nitrogens with one attached hydrogen (secondary N) is 2. The van der Waals surface area contributed by atoms with Crippen molar-refractivity contribution in [1.82, 2.24) is 14.9 Å². The summed E-state index contributed by atoms with van der Waals surface area (Å²) in [6, 6.07) is 5.43. The summed E-state index contributed by atoms with van der Waals surface area (Å²) in [4.78, 5) is 25.9. The first-order valence-electron chi connectivity index (χ1n) is 11.6. The first kappa shape index (κ1) is 24.7. The Bertz CT molecular complexity index is 889. The summed E-state index contributed by atoms with van der Waals surface area (Å²) in [6.45, 7) is 5.05. The number of sulfonamides is 1. The Balaban J connectivity index is 1.70. The third kappa shape index (κ3) is 6.30.